The molecule has 6 nitrogen and oxygen atoms in total. The summed E-state index contributed by atoms with van der Waals surface area (Å²) in [5.41, 5.74) is 0. The molecule has 0 saturated heterocycles. The van der Waals surface area contributed by atoms with Gasteiger partial charge in [0, 0.05) is 12.8 Å². The minimum Gasteiger partial charge on any atom is -0.466 e. The first-order valence-corrected chi connectivity index (χ1v) is 31.2. The van der Waals surface area contributed by atoms with Crippen LogP contribution in [0.15, 0.2) is 36.5 Å². The molecule has 412 valence electrons. The average Bonchev–Trinajstić information content (AvgIpc) is 3.36. The van der Waals surface area contributed by atoms with Crippen LogP contribution in [0.4, 0.5) is 0 Å². The quantitative estimate of drug-likeness (QED) is 0.0321. The lowest BCUT2D eigenvalue weighted by atomic mass is 10.0. The molecule has 0 aromatic carbocycles. The first-order valence-electron chi connectivity index (χ1n) is 31.2. The molecule has 3 N–H and O–H groups in total. The van der Waals surface area contributed by atoms with Crippen LogP contribution in [-0.2, 0) is 14.3 Å². The van der Waals surface area contributed by atoms with E-state index in [0.29, 0.717) is 25.9 Å². The number of ether oxygens (including phenoxy) is 1. The molecule has 6 heteroatoms. The molecule has 0 aliphatic rings. The summed E-state index contributed by atoms with van der Waals surface area (Å²) in [5, 5.41) is 23.4. The SMILES string of the molecule is CCCCC/C=C\CCCCCCCC(=O)OCCCCC/C=C\C/C=C\CCCCCCCCCC(=O)NC(CO)C(O)CCCCCCCCCCCCCCCCCCCCCCCCCC. The van der Waals surface area contributed by atoms with Crippen LogP contribution < -0.4 is 5.32 Å². The first kappa shape index (κ1) is 68.1. The van der Waals surface area contributed by atoms with Crippen molar-refractivity contribution in [3.05, 3.63) is 36.5 Å². The number of unbranched alkanes of at least 4 members (excludes halogenated alkanes) is 41. The van der Waals surface area contributed by atoms with Crippen LogP contribution in [0.1, 0.15) is 335 Å². The molecular formula is C64H121NO5. The highest BCUT2D eigenvalue weighted by atomic mass is 16.5. The Morgan fingerprint density at radius 1 is 0.400 bits per heavy atom. The number of carbonyl (C=O) groups is 2. The number of carbonyl (C=O) groups excluding carboxylic acids is 2. The molecule has 0 bridgehead atoms. The molecule has 2 atom stereocenters. The number of hydrogen-bond donors (Lipinski definition) is 3. The maximum absolute atomic E-state index is 12.5. The second kappa shape index (κ2) is 59.6. The molecule has 0 heterocycles. The molecule has 0 saturated carbocycles. The topological polar surface area (TPSA) is 95.9 Å². The molecule has 2 unspecified atom stereocenters. The van der Waals surface area contributed by atoms with Crippen molar-refractivity contribution in [1.82, 2.24) is 5.32 Å². The van der Waals surface area contributed by atoms with Crippen LogP contribution in [-0.4, -0.2) is 47.4 Å². The highest BCUT2D eigenvalue weighted by Gasteiger charge is 2.20. The summed E-state index contributed by atoms with van der Waals surface area (Å²) in [6, 6.07) is -0.555. The second-order valence-electron chi connectivity index (χ2n) is 21.4. The van der Waals surface area contributed by atoms with Gasteiger partial charge in [-0.1, -0.05) is 269 Å². The maximum atomic E-state index is 12.5. The molecule has 0 rings (SSSR count). The smallest absolute Gasteiger partial charge is 0.305 e. The number of rotatable bonds is 58. The van der Waals surface area contributed by atoms with Crippen molar-refractivity contribution >= 4 is 11.9 Å². The lowest BCUT2D eigenvalue weighted by Gasteiger charge is -2.22. The van der Waals surface area contributed by atoms with Gasteiger partial charge in [0.15, 0.2) is 0 Å². The Morgan fingerprint density at radius 3 is 1.13 bits per heavy atom. The number of amides is 1. The summed E-state index contributed by atoms with van der Waals surface area (Å²) >= 11 is 0. The van der Waals surface area contributed by atoms with Gasteiger partial charge in [-0.25, -0.2) is 0 Å². The molecule has 0 aliphatic carbocycles. The highest BCUT2D eigenvalue weighted by molar-refractivity contribution is 5.76. The van der Waals surface area contributed by atoms with Crippen molar-refractivity contribution in [1.29, 1.82) is 0 Å². The summed E-state index contributed by atoms with van der Waals surface area (Å²) in [6.45, 7) is 4.90. The van der Waals surface area contributed by atoms with E-state index in [4.69, 9.17) is 4.74 Å². The maximum Gasteiger partial charge on any atom is 0.305 e. The van der Waals surface area contributed by atoms with Crippen LogP contribution in [0.2, 0.25) is 0 Å². The van der Waals surface area contributed by atoms with Gasteiger partial charge in [-0.15, -0.1) is 0 Å². The van der Waals surface area contributed by atoms with Gasteiger partial charge < -0.3 is 20.3 Å². The number of nitrogens with one attached hydrogen (secondary N) is 1. The van der Waals surface area contributed by atoms with Crippen LogP contribution in [0, 0.1) is 0 Å². The fourth-order valence-electron chi connectivity index (χ4n) is 9.61. The Labute approximate surface area is 436 Å². The Kier molecular flexibility index (Phi) is 58.0. The number of hydrogen-bond acceptors (Lipinski definition) is 5. The van der Waals surface area contributed by atoms with Crippen molar-refractivity contribution in [3.8, 4) is 0 Å². The fourth-order valence-corrected chi connectivity index (χ4v) is 9.61. The zero-order valence-corrected chi connectivity index (χ0v) is 47.0. The Bertz CT molecular complexity index is 1130. The predicted molar refractivity (Wildman–Crippen MR) is 306 cm³/mol. The lowest BCUT2D eigenvalue weighted by molar-refractivity contribution is -0.143. The first-order chi connectivity index (χ1) is 34.5. The van der Waals surface area contributed by atoms with Gasteiger partial charge in [-0.05, 0) is 89.9 Å². The minimum atomic E-state index is -0.677. The van der Waals surface area contributed by atoms with Gasteiger partial charge in [0.1, 0.15) is 0 Å². The van der Waals surface area contributed by atoms with E-state index in [9.17, 15) is 19.8 Å². The largest absolute Gasteiger partial charge is 0.466 e. The van der Waals surface area contributed by atoms with Crippen molar-refractivity contribution < 1.29 is 24.5 Å². The van der Waals surface area contributed by atoms with E-state index in [1.54, 1.807) is 0 Å². The van der Waals surface area contributed by atoms with Gasteiger partial charge >= 0.3 is 5.97 Å². The number of aliphatic hydroxyl groups excluding tert-OH is 2. The standard InChI is InChI=1S/C64H121NO5/c1-3-5-7-9-11-13-15-17-18-19-20-21-22-23-24-25-27-30-33-36-40-44-48-52-56-62(67)61(60-66)65-63(68)57-53-49-45-41-37-34-31-28-26-29-32-35-39-43-47-51-55-59-70-64(69)58-54-50-46-42-38-16-14-12-10-8-6-4-2/h12,14,26,29,35,39,61-62,66-67H,3-11,13,15-25,27-28,30-34,36-38,40-60H2,1-2H3,(H,65,68)/b14-12-,29-26-,39-35-. The van der Waals surface area contributed by atoms with Crippen LogP contribution in [0.5, 0.6) is 0 Å². The van der Waals surface area contributed by atoms with E-state index in [0.717, 1.165) is 83.5 Å². The molecule has 0 radical (unpaired) electrons. The molecule has 0 spiro atoms. The van der Waals surface area contributed by atoms with Gasteiger partial charge in [-0.2, -0.15) is 0 Å². The molecule has 0 aliphatic heterocycles. The Morgan fingerprint density at radius 2 is 0.714 bits per heavy atom. The van der Waals surface area contributed by atoms with Crippen LogP contribution in [0.3, 0.4) is 0 Å². The summed E-state index contributed by atoms with van der Waals surface area (Å²) in [7, 11) is 0. The van der Waals surface area contributed by atoms with Gasteiger partial charge in [-0.3, -0.25) is 9.59 Å². The number of allylic oxidation sites excluding steroid dienone is 6. The summed E-state index contributed by atoms with van der Waals surface area (Å²) in [4.78, 5) is 24.5. The average molecular weight is 985 g/mol. The minimum absolute atomic E-state index is 0.0252. The summed E-state index contributed by atoms with van der Waals surface area (Å²) in [5.74, 6) is -0.0736. The van der Waals surface area contributed by atoms with E-state index in [2.05, 4.69) is 55.6 Å². The second-order valence-corrected chi connectivity index (χ2v) is 21.4. The van der Waals surface area contributed by atoms with Gasteiger partial charge in [0.2, 0.25) is 5.91 Å². The summed E-state index contributed by atoms with van der Waals surface area (Å²) in [6.07, 6.45) is 74.4. The zero-order chi connectivity index (χ0) is 50.7. The highest BCUT2D eigenvalue weighted by Crippen LogP contribution is 2.18. The predicted octanol–water partition coefficient (Wildman–Crippen LogP) is 19.6. The van der Waals surface area contributed by atoms with Crippen LogP contribution >= 0.6 is 0 Å². The monoisotopic (exact) mass is 984 g/mol. The molecule has 0 aromatic heterocycles. The Hall–Kier alpha value is -1.92. The van der Waals surface area contributed by atoms with Gasteiger partial charge in [0.25, 0.3) is 0 Å². The van der Waals surface area contributed by atoms with Crippen molar-refractivity contribution in [2.45, 2.75) is 347 Å². The molecule has 0 aromatic rings. The lowest BCUT2D eigenvalue weighted by Crippen LogP contribution is -2.45. The molecular weight excluding hydrogens is 863 g/mol. The normalized spacial score (nSPS) is 12.8. The Balaban J connectivity index is 3.49. The zero-order valence-electron chi connectivity index (χ0n) is 47.0. The van der Waals surface area contributed by atoms with Crippen molar-refractivity contribution in [3.63, 3.8) is 0 Å². The third-order valence-electron chi connectivity index (χ3n) is 14.4. The molecule has 1 amide bonds. The van der Waals surface area contributed by atoms with Crippen molar-refractivity contribution in [2.75, 3.05) is 13.2 Å². The molecule has 70 heavy (non-hydrogen) atoms. The van der Waals surface area contributed by atoms with Crippen LogP contribution in [0.25, 0.3) is 0 Å². The molecule has 0 fully saturated rings. The third-order valence-corrected chi connectivity index (χ3v) is 14.4. The fraction of sp³-hybridized carbons (Fsp3) is 0.875. The number of aliphatic hydroxyl groups is 2. The van der Waals surface area contributed by atoms with E-state index in [1.165, 1.54) is 218 Å². The number of esters is 1. The summed E-state index contributed by atoms with van der Waals surface area (Å²) < 4.78 is 5.44. The van der Waals surface area contributed by atoms with E-state index >= 15 is 0 Å². The van der Waals surface area contributed by atoms with E-state index in [-0.39, 0.29) is 18.5 Å². The van der Waals surface area contributed by atoms with Crippen molar-refractivity contribution in [2.24, 2.45) is 0 Å². The van der Waals surface area contributed by atoms with E-state index in [1.807, 2.05) is 0 Å². The van der Waals surface area contributed by atoms with Gasteiger partial charge in [0.05, 0.1) is 25.4 Å². The van der Waals surface area contributed by atoms with E-state index < -0.39 is 12.1 Å². The third kappa shape index (κ3) is 55.4.